The summed E-state index contributed by atoms with van der Waals surface area (Å²) in [5.74, 6) is -0.197. The number of hydrogen-bond donors (Lipinski definition) is 0. The molecule has 1 aliphatic rings. The zero-order valence-corrected chi connectivity index (χ0v) is 21.1. The topological polar surface area (TPSA) is 46.6 Å². The van der Waals surface area contributed by atoms with Crippen molar-refractivity contribution in [2.24, 2.45) is 11.8 Å². The Bertz CT molecular complexity index is 546. The molecule has 0 aromatic rings. The van der Waals surface area contributed by atoms with Gasteiger partial charge in [0.05, 0.1) is 12.0 Å². The standard InChI is InChI=1S/C20H41NO3Si2/c1-14(13-22)17-16(15(2)24-26(11,12)20(6,7)8)18(23)21(17)25(9,10)19(3,4)5/h13-17H,1-12H3/t14-,15+,16-,17+/m0/s1. The van der Waals surface area contributed by atoms with Crippen molar-refractivity contribution in [2.75, 3.05) is 0 Å². The Hall–Kier alpha value is -0.466. The highest BCUT2D eigenvalue weighted by molar-refractivity contribution is 6.80. The molecule has 1 fully saturated rings. The second kappa shape index (κ2) is 7.17. The molecule has 0 spiro atoms. The van der Waals surface area contributed by atoms with Crippen LogP contribution in [-0.2, 0) is 14.0 Å². The largest absolute Gasteiger partial charge is 0.413 e. The van der Waals surface area contributed by atoms with Crippen molar-refractivity contribution in [3.63, 3.8) is 0 Å². The Balaban J connectivity index is 3.18. The van der Waals surface area contributed by atoms with E-state index >= 15 is 0 Å². The maximum Gasteiger partial charge on any atom is 0.222 e. The smallest absolute Gasteiger partial charge is 0.222 e. The average Bonchev–Trinajstić information content (AvgIpc) is 2.40. The number of hydrogen-bond acceptors (Lipinski definition) is 3. The highest BCUT2D eigenvalue weighted by Gasteiger charge is 2.60. The van der Waals surface area contributed by atoms with E-state index in [4.69, 9.17) is 4.43 Å². The van der Waals surface area contributed by atoms with Gasteiger partial charge in [0.2, 0.25) is 5.91 Å². The molecule has 26 heavy (non-hydrogen) atoms. The first-order valence-corrected chi connectivity index (χ1v) is 15.7. The first-order valence-electron chi connectivity index (χ1n) is 9.86. The minimum Gasteiger partial charge on any atom is -0.413 e. The van der Waals surface area contributed by atoms with Gasteiger partial charge in [-0.05, 0) is 30.1 Å². The van der Waals surface area contributed by atoms with Gasteiger partial charge in [-0.25, -0.2) is 0 Å². The van der Waals surface area contributed by atoms with Crippen molar-refractivity contribution in [1.82, 2.24) is 4.57 Å². The molecule has 152 valence electrons. The third-order valence-electron chi connectivity index (χ3n) is 7.17. The van der Waals surface area contributed by atoms with E-state index < -0.39 is 16.6 Å². The van der Waals surface area contributed by atoms with E-state index in [1.54, 1.807) is 0 Å². The van der Waals surface area contributed by atoms with Gasteiger partial charge in [0.15, 0.2) is 16.6 Å². The van der Waals surface area contributed by atoms with E-state index in [-0.39, 0.29) is 40.0 Å². The molecule has 6 heteroatoms. The lowest BCUT2D eigenvalue weighted by molar-refractivity contribution is -0.158. The van der Waals surface area contributed by atoms with Crippen LogP contribution in [0.4, 0.5) is 0 Å². The van der Waals surface area contributed by atoms with Crippen LogP contribution in [0.1, 0.15) is 55.4 Å². The van der Waals surface area contributed by atoms with E-state index in [2.05, 4.69) is 72.3 Å². The Morgan fingerprint density at radius 1 is 1.00 bits per heavy atom. The van der Waals surface area contributed by atoms with E-state index in [1.165, 1.54) is 0 Å². The summed E-state index contributed by atoms with van der Waals surface area (Å²) in [6.45, 7) is 26.1. The van der Waals surface area contributed by atoms with Crippen LogP contribution in [0, 0.1) is 11.8 Å². The number of β-lactam (4-membered cyclic amide) rings is 1. The van der Waals surface area contributed by atoms with Crippen molar-refractivity contribution >= 4 is 28.7 Å². The second-order valence-corrected chi connectivity index (χ2v) is 21.0. The maximum absolute atomic E-state index is 13.2. The fourth-order valence-electron chi connectivity index (χ4n) is 3.38. The molecule has 1 rings (SSSR count). The van der Waals surface area contributed by atoms with Gasteiger partial charge in [-0.15, -0.1) is 0 Å². The monoisotopic (exact) mass is 399 g/mol. The normalized spacial score (nSPS) is 24.9. The molecule has 1 amide bonds. The van der Waals surface area contributed by atoms with Gasteiger partial charge in [-0.1, -0.05) is 61.6 Å². The third kappa shape index (κ3) is 4.02. The zero-order chi connectivity index (χ0) is 20.9. The summed E-state index contributed by atoms with van der Waals surface area (Å²) in [6.07, 6.45) is 0.848. The van der Waals surface area contributed by atoms with Crippen LogP contribution >= 0.6 is 0 Å². The number of carbonyl (C=O) groups is 2. The van der Waals surface area contributed by atoms with Gasteiger partial charge >= 0.3 is 0 Å². The molecule has 0 aromatic carbocycles. The van der Waals surface area contributed by atoms with Crippen LogP contribution in [0.2, 0.25) is 36.3 Å². The van der Waals surface area contributed by atoms with Crippen LogP contribution in [-0.4, -0.2) is 45.5 Å². The van der Waals surface area contributed by atoms with Crippen molar-refractivity contribution in [1.29, 1.82) is 0 Å². The molecule has 1 heterocycles. The molecular weight excluding hydrogens is 358 g/mol. The van der Waals surface area contributed by atoms with Crippen molar-refractivity contribution in [3.8, 4) is 0 Å². The highest BCUT2D eigenvalue weighted by Crippen LogP contribution is 2.48. The molecule has 0 aliphatic carbocycles. The fraction of sp³-hybridized carbons (Fsp3) is 0.900. The molecule has 0 saturated carbocycles. The van der Waals surface area contributed by atoms with Crippen molar-refractivity contribution in [2.45, 2.75) is 104 Å². The lowest BCUT2D eigenvalue weighted by atomic mass is 9.79. The summed E-state index contributed by atoms with van der Waals surface area (Å²) < 4.78 is 8.62. The molecule has 4 nitrogen and oxygen atoms in total. The van der Waals surface area contributed by atoms with Crippen LogP contribution in [0.5, 0.6) is 0 Å². The summed E-state index contributed by atoms with van der Waals surface area (Å²) in [4.78, 5) is 24.9. The Kier molecular flexibility index (Phi) is 6.50. The van der Waals surface area contributed by atoms with E-state index in [0.29, 0.717) is 0 Å². The fourth-order valence-corrected chi connectivity index (χ4v) is 7.37. The summed E-state index contributed by atoms with van der Waals surface area (Å²) >= 11 is 0. The number of amides is 1. The van der Waals surface area contributed by atoms with E-state index in [1.807, 2.05) is 13.8 Å². The van der Waals surface area contributed by atoms with Crippen LogP contribution in [0.25, 0.3) is 0 Å². The number of aldehydes is 1. The molecule has 0 radical (unpaired) electrons. The van der Waals surface area contributed by atoms with Gasteiger partial charge in [-0.2, -0.15) is 0 Å². The maximum atomic E-state index is 13.2. The van der Waals surface area contributed by atoms with Crippen molar-refractivity contribution < 1.29 is 14.0 Å². The Labute approximate surface area is 163 Å². The minimum absolute atomic E-state index is 0.0411. The number of carbonyl (C=O) groups excluding carboxylic acids is 2. The zero-order valence-electron chi connectivity index (χ0n) is 19.1. The molecule has 4 atom stereocenters. The SMILES string of the molecule is C[C@@H](C=O)[C@@H]1[C@H]([C@@H](C)O[Si](C)(C)C(C)(C)C)C(=O)N1[Si](C)(C)C(C)(C)C. The third-order valence-corrected chi connectivity index (χ3v) is 17.1. The molecule has 0 aromatic heterocycles. The molecular formula is C20H41NO3Si2. The van der Waals surface area contributed by atoms with E-state index in [0.717, 1.165) is 6.29 Å². The summed E-state index contributed by atoms with van der Waals surface area (Å²) in [6, 6.07) is -0.0411. The predicted molar refractivity (Wildman–Crippen MR) is 114 cm³/mol. The quantitative estimate of drug-likeness (QED) is 0.356. The average molecular weight is 400 g/mol. The summed E-state index contributed by atoms with van der Waals surface area (Å²) in [5.41, 5.74) is 0. The Morgan fingerprint density at radius 2 is 1.46 bits per heavy atom. The Morgan fingerprint density at radius 3 is 1.81 bits per heavy atom. The number of rotatable bonds is 6. The van der Waals surface area contributed by atoms with Crippen LogP contribution in [0.3, 0.4) is 0 Å². The van der Waals surface area contributed by atoms with Gasteiger partial charge in [0, 0.05) is 12.0 Å². The molecule has 1 saturated heterocycles. The first kappa shape index (κ1) is 23.6. The summed E-state index contributed by atoms with van der Waals surface area (Å²) in [5, 5.41) is 0.150. The van der Waals surface area contributed by atoms with Gasteiger partial charge in [0.25, 0.3) is 0 Å². The minimum atomic E-state index is -2.03. The van der Waals surface area contributed by atoms with Gasteiger partial charge < -0.3 is 13.8 Å². The lowest BCUT2D eigenvalue weighted by Crippen LogP contribution is -2.76. The number of nitrogens with zero attached hydrogens (tertiary/aromatic N) is 1. The highest BCUT2D eigenvalue weighted by atomic mass is 28.4. The van der Waals surface area contributed by atoms with Gasteiger partial charge in [-0.3, -0.25) is 4.79 Å². The summed E-state index contributed by atoms with van der Waals surface area (Å²) in [7, 11) is -4.00. The molecule has 0 bridgehead atoms. The van der Waals surface area contributed by atoms with E-state index in [9.17, 15) is 9.59 Å². The predicted octanol–water partition coefficient (Wildman–Crippen LogP) is 5.06. The van der Waals surface area contributed by atoms with Gasteiger partial charge in [0.1, 0.15) is 6.29 Å². The lowest BCUT2D eigenvalue weighted by Gasteiger charge is -2.61. The molecule has 0 unspecified atom stereocenters. The van der Waals surface area contributed by atoms with Crippen LogP contribution in [0.15, 0.2) is 0 Å². The second-order valence-electron chi connectivity index (χ2n) is 11.1. The molecule has 1 aliphatic heterocycles. The van der Waals surface area contributed by atoms with Crippen LogP contribution < -0.4 is 0 Å². The van der Waals surface area contributed by atoms with Crippen molar-refractivity contribution in [3.05, 3.63) is 0 Å². The molecule has 0 N–H and O–H groups in total. The first-order chi connectivity index (χ1) is 11.4.